The smallest absolute Gasteiger partial charge is 0.280 e. The van der Waals surface area contributed by atoms with Crippen molar-refractivity contribution in [2.24, 2.45) is 21.8 Å². The van der Waals surface area contributed by atoms with Crippen molar-refractivity contribution in [2.75, 3.05) is 11.5 Å². The van der Waals surface area contributed by atoms with Crippen LogP contribution in [0.5, 0.6) is 0 Å². The van der Waals surface area contributed by atoms with E-state index in [1.807, 2.05) is 27.7 Å². The number of nitrogens with zero attached hydrogens (tertiary/aromatic N) is 4. The number of carbonyl (C=O) groups is 4. The van der Waals surface area contributed by atoms with E-state index in [9.17, 15) is 19.2 Å². The van der Waals surface area contributed by atoms with Gasteiger partial charge >= 0.3 is 0 Å². The second-order valence-corrected chi connectivity index (χ2v) is 17.9. The van der Waals surface area contributed by atoms with Crippen molar-refractivity contribution in [1.29, 1.82) is 0 Å². The van der Waals surface area contributed by atoms with Crippen LogP contribution in [0.25, 0.3) is 0 Å². The molecule has 0 aromatic carbocycles. The van der Waals surface area contributed by atoms with Gasteiger partial charge in [-0.3, -0.25) is 19.2 Å². The van der Waals surface area contributed by atoms with Crippen LogP contribution in [0.2, 0.25) is 0 Å². The molecule has 4 aliphatic rings. The van der Waals surface area contributed by atoms with Crippen LogP contribution in [0, 0.1) is 11.8 Å². The summed E-state index contributed by atoms with van der Waals surface area (Å²) in [6, 6.07) is -3.99. The summed E-state index contributed by atoms with van der Waals surface area (Å²) in [5.41, 5.74) is 0.778. The SMILES string of the molecule is CC(C)C[C@H]1NC(=O)[C@H]2N=C(O[C@@H]2C)[C@H]2CSSC[C@@H](NC(=O)c3nc1cs3)C1=N[C@H](C(=O)N[C@H](CC(C)C)c3nc(cs3)C(=O)N2)[C@@H](C)O1. The first kappa shape index (κ1) is 36.6. The van der Waals surface area contributed by atoms with Gasteiger partial charge in [0.25, 0.3) is 11.8 Å². The Morgan fingerprint density at radius 3 is 1.84 bits per heavy atom. The largest absolute Gasteiger partial charge is 0.474 e. The van der Waals surface area contributed by atoms with E-state index in [0.717, 1.165) is 0 Å². The maximum absolute atomic E-state index is 13.7. The molecule has 270 valence electrons. The number of hydrogen-bond acceptors (Lipinski definition) is 14. The molecule has 2 aromatic rings. The van der Waals surface area contributed by atoms with Gasteiger partial charge in [-0.25, -0.2) is 20.0 Å². The molecule has 0 spiro atoms. The van der Waals surface area contributed by atoms with E-state index in [1.54, 1.807) is 24.6 Å². The highest BCUT2D eigenvalue weighted by atomic mass is 33.1. The van der Waals surface area contributed by atoms with Crippen molar-refractivity contribution < 1.29 is 28.7 Å². The molecule has 4 N–H and O–H groups in total. The average Bonchev–Trinajstić information content (AvgIpc) is 3.86. The van der Waals surface area contributed by atoms with Crippen molar-refractivity contribution in [3.63, 3.8) is 0 Å². The zero-order valence-corrected chi connectivity index (χ0v) is 31.9. The summed E-state index contributed by atoms with van der Waals surface area (Å²) in [5, 5.41) is 16.5. The number of rotatable bonds is 4. The highest BCUT2D eigenvalue weighted by Crippen LogP contribution is 2.31. The first-order valence-corrected chi connectivity index (χ1v) is 21.0. The van der Waals surface area contributed by atoms with Crippen LogP contribution in [0.4, 0.5) is 0 Å². The fraction of sp³-hybridized carbons (Fsp3) is 0.625. The number of amides is 4. The first-order chi connectivity index (χ1) is 23.9. The lowest BCUT2D eigenvalue weighted by molar-refractivity contribution is -0.125. The van der Waals surface area contributed by atoms with Crippen molar-refractivity contribution in [3.05, 3.63) is 32.2 Å². The third-order valence-corrected chi connectivity index (χ3v) is 12.7. The van der Waals surface area contributed by atoms with Gasteiger partial charge in [0.05, 0.1) is 17.8 Å². The van der Waals surface area contributed by atoms with E-state index in [1.165, 1.54) is 44.3 Å². The standard InChI is InChI=1S/C32H42N8O6S4/c1-13(2)7-17-19-9-48-32(37-19)28(44)36-22-12-50-49-11-21(29-39-23(15(5)45-29)26(42)33-17)35-25(41)20-10-47-31(38-20)18(8-14(3)4)34-27(43)24-16(6)46-30(22)40-24/h9-10,13-18,21-24H,7-8,11-12H2,1-6H3,(H,33,42)(H,34,43)(H,35,41)(H,36,44)/t15-,16-,17-,18-,21-,22-,23+,24+/m1/s1. The maximum atomic E-state index is 13.7. The normalized spacial score (nSPS) is 30.6. The fourth-order valence-corrected chi connectivity index (χ4v) is 9.96. The molecule has 0 radical (unpaired) electrons. The predicted octanol–water partition coefficient (Wildman–Crippen LogP) is 3.68. The molecule has 0 saturated carbocycles. The molecule has 0 aliphatic carbocycles. The van der Waals surface area contributed by atoms with Gasteiger partial charge in [0.1, 0.15) is 35.0 Å². The summed E-state index contributed by atoms with van der Waals surface area (Å²) in [4.78, 5) is 73.5. The average molecular weight is 763 g/mol. The summed E-state index contributed by atoms with van der Waals surface area (Å²) in [7, 11) is 2.87. The number of fused-ring (bicyclic) bond motifs is 13. The molecule has 2 aromatic heterocycles. The number of carbonyl (C=O) groups excluding carboxylic acids is 4. The molecule has 14 nitrogen and oxygen atoms in total. The van der Waals surface area contributed by atoms with E-state index >= 15 is 0 Å². The minimum atomic E-state index is -0.849. The molecule has 0 fully saturated rings. The van der Waals surface area contributed by atoms with Crippen LogP contribution in [-0.2, 0) is 19.1 Å². The fourth-order valence-electron chi connectivity index (χ4n) is 6.01. The van der Waals surface area contributed by atoms with Crippen LogP contribution in [-0.4, -0.2) is 93.3 Å². The first-order valence-electron chi connectivity index (χ1n) is 16.7. The highest BCUT2D eigenvalue weighted by Gasteiger charge is 2.41. The number of aliphatic imine (C=N–C) groups is 2. The van der Waals surface area contributed by atoms with Crippen LogP contribution in [0.3, 0.4) is 0 Å². The van der Waals surface area contributed by atoms with Crippen LogP contribution in [0.1, 0.15) is 97.5 Å². The summed E-state index contributed by atoms with van der Waals surface area (Å²) in [6.45, 7) is 11.7. The summed E-state index contributed by atoms with van der Waals surface area (Å²) >= 11 is 2.48. The lowest BCUT2D eigenvalue weighted by Crippen LogP contribution is -2.44. The molecule has 0 unspecified atom stereocenters. The predicted molar refractivity (Wildman–Crippen MR) is 196 cm³/mol. The van der Waals surface area contributed by atoms with Gasteiger partial charge in [-0.1, -0.05) is 49.3 Å². The molecular formula is C32H42N8O6S4. The van der Waals surface area contributed by atoms with Crippen molar-refractivity contribution >= 4 is 79.7 Å². The molecule has 6 heterocycles. The Balaban J connectivity index is 1.42. The van der Waals surface area contributed by atoms with Gasteiger partial charge in [-0.15, -0.1) is 22.7 Å². The second kappa shape index (κ2) is 15.6. The Morgan fingerprint density at radius 2 is 1.26 bits per heavy atom. The van der Waals surface area contributed by atoms with E-state index in [-0.39, 0.29) is 46.1 Å². The van der Waals surface area contributed by atoms with E-state index in [2.05, 4.69) is 31.2 Å². The zero-order valence-electron chi connectivity index (χ0n) is 28.6. The van der Waals surface area contributed by atoms with Crippen LogP contribution in [0.15, 0.2) is 20.7 Å². The Hall–Kier alpha value is -3.22. The molecule has 4 aliphatic heterocycles. The highest BCUT2D eigenvalue weighted by molar-refractivity contribution is 8.76. The minimum absolute atomic E-state index is 0.207. The molecule has 50 heavy (non-hydrogen) atoms. The Labute approximate surface area is 306 Å². The summed E-state index contributed by atoms with van der Waals surface area (Å²) in [6.07, 6.45) is 0.0158. The lowest BCUT2D eigenvalue weighted by Gasteiger charge is -2.22. The number of ether oxygens (including phenoxy) is 2. The summed E-state index contributed by atoms with van der Waals surface area (Å²) < 4.78 is 12.3. The molecule has 0 saturated heterocycles. The molecule has 4 amide bonds. The maximum Gasteiger partial charge on any atom is 0.280 e. The van der Waals surface area contributed by atoms with Gasteiger partial charge in [-0.05, 0) is 38.5 Å². The van der Waals surface area contributed by atoms with E-state index in [0.29, 0.717) is 35.0 Å². The third kappa shape index (κ3) is 8.29. The molecule has 6 rings (SSSR count). The quantitative estimate of drug-likeness (QED) is 0.335. The van der Waals surface area contributed by atoms with Crippen molar-refractivity contribution in [3.8, 4) is 0 Å². The lowest BCUT2D eigenvalue weighted by atomic mass is 10.0. The zero-order chi connectivity index (χ0) is 35.7. The van der Waals surface area contributed by atoms with Gasteiger partial charge in [-0.2, -0.15) is 0 Å². The van der Waals surface area contributed by atoms with Gasteiger partial charge in [0, 0.05) is 22.3 Å². The van der Waals surface area contributed by atoms with Gasteiger partial charge in [0.15, 0.2) is 17.1 Å². The van der Waals surface area contributed by atoms with Gasteiger partial charge in [0.2, 0.25) is 23.6 Å². The van der Waals surface area contributed by atoms with Crippen molar-refractivity contribution in [2.45, 2.75) is 103 Å². The minimum Gasteiger partial charge on any atom is -0.474 e. The van der Waals surface area contributed by atoms with Gasteiger partial charge < -0.3 is 30.7 Å². The third-order valence-electron chi connectivity index (χ3n) is 8.51. The number of thiazole rings is 2. The van der Waals surface area contributed by atoms with E-state index in [4.69, 9.17) is 19.5 Å². The van der Waals surface area contributed by atoms with E-state index < -0.39 is 60.3 Å². The van der Waals surface area contributed by atoms with Crippen LogP contribution >= 0.6 is 44.3 Å². The molecule has 10 bridgehead atoms. The second-order valence-electron chi connectivity index (χ2n) is 13.6. The molecule has 18 heteroatoms. The number of nitrogens with one attached hydrogen (secondary N) is 4. The Bertz CT molecular complexity index is 1560. The molecular weight excluding hydrogens is 721 g/mol. The molecule has 8 atom stereocenters. The Morgan fingerprint density at radius 1 is 0.720 bits per heavy atom. The van der Waals surface area contributed by atoms with Crippen molar-refractivity contribution in [1.82, 2.24) is 31.2 Å². The number of hydrogen-bond donors (Lipinski definition) is 4. The topological polar surface area (TPSA) is 185 Å². The number of aromatic nitrogens is 2. The van der Waals surface area contributed by atoms with Crippen LogP contribution < -0.4 is 21.3 Å². The Kier molecular flexibility index (Phi) is 11.4. The summed E-state index contributed by atoms with van der Waals surface area (Å²) in [5.74, 6) is 0.116. The monoisotopic (exact) mass is 762 g/mol.